The lowest BCUT2D eigenvalue weighted by atomic mass is 10.2. The summed E-state index contributed by atoms with van der Waals surface area (Å²) in [5.74, 6) is 0. The molecular weight excluding hydrogens is 186 g/mol. The maximum absolute atomic E-state index is 5.70. The zero-order valence-corrected chi connectivity index (χ0v) is 8.87. The topological polar surface area (TPSA) is 32.5 Å². The largest absolute Gasteiger partial charge is 0.329 e. The molecule has 0 spiro atoms. The first-order valence-electron chi connectivity index (χ1n) is 4.65. The molecule has 0 bridgehead atoms. The fraction of sp³-hybridized carbons (Fsp3) is 0.778. The van der Waals surface area contributed by atoms with Crippen molar-refractivity contribution < 1.29 is 0 Å². The number of piperazine rings is 1. The minimum atomic E-state index is 0.478. The van der Waals surface area contributed by atoms with Gasteiger partial charge in [0, 0.05) is 44.3 Å². The normalized spacial score (nSPS) is 27.2. The lowest BCUT2D eigenvalue weighted by molar-refractivity contribution is 0.106. The minimum absolute atomic E-state index is 0.478. The average Bonchev–Trinajstić information content (AvgIpc) is 2.16. The monoisotopic (exact) mass is 203 g/mol. The van der Waals surface area contributed by atoms with Crippen LogP contribution in [-0.4, -0.2) is 55.6 Å². The molecule has 1 rings (SSSR count). The summed E-state index contributed by atoms with van der Waals surface area (Å²) in [6, 6.07) is 0.478. The van der Waals surface area contributed by atoms with Gasteiger partial charge in [0.15, 0.2) is 0 Å². The lowest BCUT2D eigenvalue weighted by Crippen LogP contribution is -2.54. The minimum Gasteiger partial charge on any atom is -0.329 e. The molecule has 3 nitrogen and oxygen atoms in total. The summed E-state index contributed by atoms with van der Waals surface area (Å²) in [6.07, 6.45) is 1.97. The Morgan fingerprint density at radius 1 is 1.54 bits per heavy atom. The van der Waals surface area contributed by atoms with E-state index >= 15 is 0 Å². The van der Waals surface area contributed by atoms with Crippen LogP contribution in [-0.2, 0) is 0 Å². The van der Waals surface area contributed by atoms with Crippen LogP contribution in [0, 0.1) is 0 Å². The van der Waals surface area contributed by atoms with Gasteiger partial charge in [-0.15, -0.1) is 0 Å². The third-order valence-corrected chi connectivity index (χ3v) is 2.69. The van der Waals surface area contributed by atoms with Crippen LogP contribution in [0.5, 0.6) is 0 Å². The van der Waals surface area contributed by atoms with Gasteiger partial charge in [0.2, 0.25) is 0 Å². The fourth-order valence-electron chi connectivity index (χ4n) is 1.69. The zero-order valence-electron chi connectivity index (χ0n) is 8.12. The predicted molar refractivity (Wildman–Crippen MR) is 56.9 cm³/mol. The highest BCUT2D eigenvalue weighted by Crippen LogP contribution is 2.06. The van der Waals surface area contributed by atoms with Crippen molar-refractivity contribution in [2.45, 2.75) is 6.04 Å². The standard InChI is InChI=1S/C9H18ClN3/c1-12-5-6-13(4-2-3-10)9(7-11)8-12/h2-3,9H,4-8,11H2,1H3/b3-2+. The van der Waals surface area contributed by atoms with E-state index in [-0.39, 0.29) is 0 Å². The molecule has 0 aromatic carbocycles. The van der Waals surface area contributed by atoms with Crippen LogP contribution in [0.1, 0.15) is 0 Å². The van der Waals surface area contributed by atoms with Crippen molar-refractivity contribution in [3.63, 3.8) is 0 Å². The van der Waals surface area contributed by atoms with E-state index < -0.39 is 0 Å². The van der Waals surface area contributed by atoms with Crippen LogP contribution in [0.15, 0.2) is 11.6 Å². The smallest absolute Gasteiger partial charge is 0.0349 e. The van der Waals surface area contributed by atoms with Crippen molar-refractivity contribution in [2.24, 2.45) is 5.73 Å². The molecule has 0 aromatic heterocycles. The predicted octanol–water partition coefficient (Wildman–Crippen LogP) is 0.314. The van der Waals surface area contributed by atoms with Crippen molar-refractivity contribution in [2.75, 3.05) is 39.8 Å². The highest BCUT2D eigenvalue weighted by atomic mass is 35.5. The molecule has 1 aliphatic heterocycles. The van der Waals surface area contributed by atoms with E-state index in [2.05, 4.69) is 16.8 Å². The van der Waals surface area contributed by atoms with Gasteiger partial charge >= 0.3 is 0 Å². The van der Waals surface area contributed by atoms with Crippen molar-refractivity contribution in [3.8, 4) is 0 Å². The number of nitrogens with zero attached hydrogens (tertiary/aromatic N) is 2. The summed E-state index contributed by atoms with van der Waals surface area (Å²) >= 11 is 5.49. The molecule has 1 atom stereocenters. The van der Waals surface area contributed by atoms with Gasteiger partial charge in [-0.05, 0) is 7.05 Å². The van der Waals surface area contributed by atoms with Gasteiger partial charge in [0.25, 0.3) is 0 Å². The molecule has 76 valence electrons. The van der Waals surface area contributed by atoms with Gasteiger partial charge in [-0.25, -0.2) is 0 Å². The molecule has 1 heterocycles. The molecule has 13 heavy (non-hydrogen) atoms. The highest BCUT2D eigenvalue weighted by Gasteiger charge is 2.22. The number of rotatable bonds is 3. The second kappa shape index (κ2) is 5.60. The Morgan fingerprint density at radius 2 is 2.31 bits per heavy atom. The molecule has 0 amide bonds. The summed E-state index contributed by atoms with van der Waals surface area (Å²) in [5, 5.41) is 0. The average molecular weight is 204 g/mol. The van der Waals surface area contributed by atoms with Crippen LogP contribution in [0.2, 0.25) is 0 Å². The molecular formula is C9H18ClN3. The van der Waals surface area contributed by atoms with Crippen LogP contribution in [0.4, 0.5) is 0 Å². The summed E-state index contributed by atoms with van der Waals surface area (Å²) in [5.41, 5.74) is 7.28. The van der Waals surface area contributed by atoms with Crippen LogP contribution >= 0.6 is 11.6 Å². The lowest BCUT2D eigenvalue weighted by Gasteiger charge is -2.38. The fourth-order valence-corrected chi connectivity index (χ4v) is 1.77. The second-order valence-corrected chi connectivity index (χ2v) is 3.76. The van der Waals surface area contributed by atoms with Crippen LogP contribution in [0.25, 0.3) is 0 Å². The van der Waals surface area contributed by atoms with Crippen molar-refractivity contribution in [3.05, 3.63) is 11.6 Å². The Kier molecular flexibility index (Phi) is 4.73. The van der Waals surface area contributed by atoms with Crippen molar-refractivity contribution >= 4 is 11.6 Å². The van der Waals surface area contributed by atoms with Gasteiger partial charge in [-0.1, -0.05) is 17.7 Å². The molecule has 1 aliphatic rings. The molecule has 4 heteroatoms. The molecule has 0 aromatic rings. The third kappa shape index (κ3) is 3.27. The third-order valence-electron chi connectivity index (χ3n) is 2.51. The van der Waals surface area contributed by atoms with Gasteiger partial charge in [0.1, 0.15) is 0 Å². The number of nitrogens with two attached hydrogens (primary N) is 1. The SMILES string of the molecule is CN1CCN(C/C=C/Cl)C(CN)C1. The Bertz CT molecular complexity index is 172. The van der Waals surface area contributed by atoms with Gasteiger partial charge in [-0.2, -0.15) is 0 Å². The highest BCUT2D eigenvalue weighted by molar-refractivity contribution is 6.25. The molecule has 1 saturated heterocycles. The molecule has 1 unspecified atom stereocenters. The Balaban J connectivity index is 2.42. The summed E-state index contributed by atoms with van der Waals surface area (Å²) in [4.78, 5) is 4.69. The number of likely N-dealkylation sites (N-methyl/N-ethyl adjacent to an activating group) is 1. The van der Waals surface area contributed by atoms with E-state index in [0.717, 1.165) is 32.7 Å². The quantitative estimate of drug-likeness (QED) is 0.717. The Morgan fingerprint density at radius 3 is 2.92 bits per heavy atom. The number of hydrogen-bond acceptors (Lipinski definition) is 3. The first-order valence-corrected chi connectivity index (χ1v) is 5.09. The number of halogens is 1. The molecule has 1 fully saturated rings. The number of hydrogen-bond donors (Lipinski definition) is 1. The molecule has 0 radical (unpaired) electrons. The van der Waals surface area contributed by atoms with Crippen LogP contribution in [0.3, 0.4) is 0 Å². The summed E-state index contributed by atoms with van der Waals surface area (Å²) in [7, 11) is 2.14. The Labute approximate surface area is 85.1 Å². The Hall–Kier alpha value is -0.0900. The van der Waals surface area contributed by atoms with E-state index in [1.807, 2.05) is 6.08 Å². The first-order chi connectivity index (χ1) is 6.27. The summed E-state index contributed by atoms with van der Waals surface area (Å²) in [6.45, 7) is 4.90. The van der Waals surface area contributed by atoms with Crippen molar-refractivity contribution in [1.82, 2.24) is 9.80 Å². The van der Waals surface area contributed by atoms with Crippen LogP contribution < -0.4 is 5.73 Å². The molecule has 2 N–H and O–H groups in total. The maximum atomic E-state index is 5.70. The van der Waals surface area contributed by atoms with Gasteiger partial charge < -0.3 is 10.6 Å². The summed E-state index contributed by atoms with van der Waals surface area (Å²) < 4.78 is 0. The second-order valence-electron chi connectivity index (χ2n) is 3.51. The molecule has 0 saturated carbocycles. The van der Waals surface area contributed by atoms with E-state index in [0.29, 0.717) is 6.04 Å². The maximum Gasteiger partial charge on any atom is 0.0349 e. The zero-order chi connectivity index (χ0) is 9.68. The van der Waals surface area contributed by atoms with Gasteiger partial charge in [0.05, 0.1) is 0 Å². The van der Waals surface area contributed by atoms with E-state index in [1.54, 1.807) is 5.54 Å². The van der Waals surface area contributed by atoms with E-state index in [1.165, 1.54) is 0 Å². The molecule has 0 aliphatic carbocycles. The van der Waals surface area contributed by atoms with Crippen molar-refractivity contribution in [1.29, 1.82) is 0 Å². The van der Waals surface area contributed by atoms with E-state index in [9.17, 15) is 0 Å². The van der Waals surface area contributed by atoms with Gasteiger partial charge in [-0.3, -0.25) is 4.90 Å². The first kappa shape index (κ1) is 11.0. The van der Waals surface area contributed by atoms with E-state index in [4.69, 9.17) is 17.3 Å².